The molecule has 90 valence electrons. The summed E-state index contributed by atoms with van der Waals surface area (Å²) in [6, 6.07) is 5.65. The number of aryl methyl sites for hydroxylation is 2. The van der Waals surface area contributed by atoms with Crippen LogP contribution in [0.3, 0.4) is 0 Å². The van der Waals surface area contributed by atoms with Gasteiger partial charge in [-0.05, 0) is 24.5 Å². The van der Waals surface area contributed by atoms with Gasteiger partial charge in [-0.1, -0.05) is 25.1 Å². The first-order valence-electron chi connectivity index (χ1n) is 5.20. The fourth-order valence-electron chi connectivity index (χ4n) is 1.50. The van der Waals surface area contributed by atoms with E-state index in [1.54, 1.807) is 0 Å². The van der Waals surface area contributed by atoms with Crippen LogP contribution in [0.25, 0.3) is 0 Å². The molecule has 0 aliphatic heterocycles. The van der Waals surface area contributed by atoms with Gasteiger partial charge in [0.2, 0.25) is 10.0 Å². The molecule has 0 aliphatic carbocycles. The van der Waals surface area contributed by atoms with Crippen LogP contribution in [-0.4, -0.2) is 25.9 Å². The van der Waals surface area contributed by atoms with Crippen LogP contribution in [0.5, 0.6) is 0 Å². The molecule has 0 atom stereocenters. The van der Waals surface area contributed by atoms with E-state index >= 15 is 0 Å². The minimum absolute atomic E-state index is 0.273. The molecular formula is C11H17NO3S. The van der Waals surface area contributed by atoms with Gasteiger partial charge < -0.3 is 5.11 Å². The van der Waals surface area contributed by atoms with Crippen molar-refractivity contribution in [1.82, 2.24) is 0 Å². The van der Waals surface area contributed by atoms with E-state index < -0.39 is 10.0 Å². The summed E-state index contributed by atoms with van der Waals surface area (Å²) in [6.07, 6.45) is 0.763. The Bertz CT molecular complexity index is 454. The lowest BCUT2D eigenvalue weighted by atomic mass is 10.1. The molecule has 0 amide bonds. The molecule has 0 radical (unpaired) electrons. The van der Waals surface area contributed by atoms with Crippen molar-refractivity contribution in [2.75, 3.05) is 17.1 Å². The Morgan fingerprint density at radius 1 is 1.38 bits per heavy atom. The highest BCUT2D eigenvalue weighted by molar-refractivity contribution is 7.92. The summed E-state index contributed by atoms with van der Waals surface area (Å²) in [7, 11) is -3.44. The zero-order valence-corrected chi connectivity index (χ0v) is 10.3. The molecule has 1 aromatic carbocycles. The Kier molecular flexibility index (Phi) is 4.32. The van der Waals surface area contributed by atoms with E-state index in [4.69, 9.17) is 5.11 Å². The SMILES string of the molecule is CCc1cccc(C)c1NS(=O)(=O)CCO. The van der Waals surface area contributed by atoms with Crippen molar-refractivity contribution in [3.8, 4) is 0 Å². The predicted octanol–water partition coefficient (Wildman–Crippen LogP) is 1.29. The topological polar surface area (TPSA) is 66.4 Å². The zero-order valence-electron chi connectivity index (χ0n) is 9.53. The van der Waals surface area contributed by atoms with E-state index in [0.717, 1.165) is 17.5 Å². The molecule has 5 heteroatoms. The normalized spacial score (nSPS) is 11.4. The van der Waals surface area contributed by atoms with Gasteiger partial charge in [0.05, 0.1) is 18.0 Å². The first kappa shape index (κ1) is 13.0. The van der Waals surface area contributed by atoms with E-state index in [-0.39, 0.29) is 12.4 Å². The van der Waals surface area contributed by atoms with Gasteiger partial charge in [-0.3, -0.25) is 4.72 Å². The lowest BCUT2D eigenvalue weighted by molar-refractivity contribution is 0.320. The van der Waals surface area contributed by atoms with Crippen LogP contribution in [0.1, 0.15) is 18.1 Å². The van der Waals surface area contributed by atoms with Gasteiger partial charge in [0.25, 0.3) is 0 Å². The third kappa shape index (κ3) is 3.21. The number of sulfonamides is 1. The van der Waals surface area contributed by atoms with Crippen molar-refractivity contribution in [1.29, 1.82) is 0 Å². The van der Waals surface area contributed by atoms with Gasteiger partial charge in [0, 0.05) is 0 Å². The summed E-state index contributed by atoms with van der Waals surface area (Å²) in [6.45, 7) is 3.46. The maximum absolute atomic E-state index is 11.5. The number of aliphatic hydroxyl groups excluding tert-OH is 1. The average Bonchev–Trinajstić information content (AvgIpc) is 2.20. The molecule has 0 fully saturated rings. The van der Waals surface area contributed by atoms with Gasteiger partial charge in [0.1, 0.15) is 0 Å². The monoisotopic (exact) mass is 243 g/mol. The van der Waals surface area contributed by atoms with Crippen LogP contribution >= 0.6 is 0 Å². The van der Waals surface area contributed by atoms with Crippen molar-refractivity contribution >= 4 is 15.7 Å². The molecule has 0 saturated heterocycles. The van der Waals surface area contributed by atoms with Crippen LogP contribution in [-0.2, 0) is 16.4 Å². The number of anilines is 1. The summed E-state index contributed by atoms with van der Waals surface area (Å²) in [5.74, 6) is -0.273. The smallest absolute Gasteiger partial charge is 0.235 e. The maximum Gasteiger partial charge on any atom is 0.235 e. The number of nitrogens with one attached hydrogen (secondary N) is 1. The molecule has 0 aliphatic rings. The molecule has 1 rings (SSSR count). The molecule has 0 spiro atoms. The maximum atomic E-state index is 11.5. The Morgan fingerprint density at radius 3 is 2.62 bits per heavy atom. The quantitative estimate of drug-likeness (QED) is 0.819. The lowest BCUT2D eigenvalue weighted by Crippen LogP contribution is -2.20. The first-order chi connectivity index (χ1) is 7.50. The number of aliphatic hydroxyl groups is 1. The minimum atomic E-state index is -3.44. The third-order valence-electron chi connectivity index (χ3n) is 2.36. The summed E-state index contributed by atoms with van der Waals surface area (Å²) >= 11 is 0. The second-order valence-electron chi connectivity index (χ2n) is 3.61. The highest BCUT2D eigenvalue weighted by atomic mass is 32.2. The van der Waals surface area contributed by atoms with E-state index in [0.29, 0.717) is 5.69 Å². The van der Waals surface area contributed by atoms with Crippen molar-refractivity contribution < 1.29 is 13.5 Å². The van der Waals surface area contributed by atoms with Crippen LogP contribution < -0.4 is 4.72 Å². The molecule has 2 N–H and O–H groups in total. The largest absolute Gasteiger partial charge is 0.395 e. The summed E-state index contributed by atoms with van der Waals surface area (Å²) in [5, 5.41) is 8.66. The van der Waals surface area contributed by atoms with Crippen molar-refractivity contribution in [3.05, 3.63) is 29.3 Å². The van der Waals surface area contributed by atoms with E-state index in [1.807, 2.05) is 32.0 Å². The molecule has 0 heterocycles. The van der Waals surface area contributed by atoms with Gasteiger partial charge in [0.15, 0.2) is 0 Å². The Labute approximate surface area is 96.4 Å². The Balaban J connectivity index is 3.05. The molecule has 0 unspecified atom stereocenters. The predicted molar refractivity (Wildman–Crippen MR) is 65.1 cm³/mol. The van der Waals surface area contributed by atoms with Crippen LogP contribution in [0.15, 0.2) is 18.2 Å². The number of para-hydroxylation sites is 1. The molecule has 0 bridgehead atoms. The van der Waals surface area contributed by atoms with E-state index in [9.17, 15) is 8.42 Å². The average molecular weight is 243 g/mol. The zero-order chi connectivity index (χ0) is 12.2. The van der Waals surface area contributed by atoms with Crippen molar-refractivity contribution in [3.63, 3.8) is 0 Å². The minimum Gasteiger partial charge on any atom is -0.395 e. The molecule has 0 aromatic heterocycles. The Morgan fingerprint density at radius 2 is 2.06 bits per heavy atom. The summed E-state index contributed by atoms with van der Waals surface area (Å²) in [4.78, 5) is 0. The summed E-state index contributed by atoms with van der Waals surface area (Å²) in [5.41, 5.74) is 2.49. The van der Waals surface area contributed by atoms with E-state index in [1.165, 1.54) is 0 Å². The van der Waals surface area contributed by atoms with Crippen molar-refractivity contribution in [2.45, 2.75) is 20.3 Å². The van der Waals surface area contributed by atoms with Gasteiger partial charge in [-0.2, -0.15) is 0 Å². The van der Waals surface area contributed by atoms with Gasteiger partial charge in [-0.15, -0.1) is 0 Å². The standard InChI is InChI=1S/C11H17NO3S/c1-3-10-6-4-5-9(2)11(10)12-16(14,15)8-7-13/h4-6,12-13H,3,7-8H2,1-2H3. The molecular weight excluding hydrogens is 226 g/mol. The number of hydrogen-bond donors (Lipinski definition) is 2. The fourth-order valence-corrected chi connectivity index (χ4v) is 2.44. The van der Waals surface area contributed by atoms with Crippen LogP contribution in [0.2, 0.25) is 0 Å². The van der Waals surface area contributed by atoms with Crippen molar-refractivity contribution in [2.24, 2.45) is 0 Å². The van der Waals surface area contributed by atoms with Gasteiger partial charge in [-0.25, -0.2) is 8.42 Å². The van der Waals surface area contributed by atoms with E-state index in [2.05, 4.69) is 4.72 Å². The van der Waals surface area contributed by atoms with Crippen LogP contribution in [0.4, 0.5) is 5.69 Å². The number of benzene rings is 1. The molecule has 0 saturated carbocycles. The first-order valence-corrected chi connectivity index (χ1v) is 6.85. The molecule has 16 heavy (non-hydrogen) atoms. The highest BCUT2D eigenvalue weighted by Crippen LogP contribution is 2.22. The molecule has 1 aromatic rings. The summed E-state index contributed by atoms with van der Waals surface area (Å²) < 4.78 is 25.6. The number of rotatable bonds is 5. The van der Waals surface area contributed by atoms with Gasteiger partial charge >= 0.3 is 0 Å². The third-order valence-corrected chi connectivity index (χ3v) is 3.59. The second-order valence-corrected chi connectivity index (χ2v) is 5.45. The number of hydrogen-bond acceptors (Lipinski definition) is 3. The second kappa shape index (κ2) is 5.32. The highest BCUT2D eigenvalue weighted by Gasteiger charge is 2.13. The van der Waals surface area contributed by atoms with Crippen LogP contribution in [0, 0.1) is 6.92 Å². The Hall–Kier alpha value is -1.07. The lowest BCUT2D eigenvalue weighted by Gasteiger charge is -2.13. The molecule has 4 nitrogen and oxygen atoms in total. The fraction of sp³-hybridized carbons (Fsp3) is 0.455.